The zero-order valence-corrected chi connectivity index (χ0v) is 12.0. The van der Waals surface area contributed by atoms with Crippen molar-refractivity contribution in [3.63, 3.8) is 0 Å². The molecule has 0 aliphatic heterocycles. The van der Waals surface area contributed by atoms with Gasteiger partial charge in [0.2, 0.25) is 0 Å². The lowest BCUT2D eigenvalue weighted by atomic mass is 10.2. The molecule has 0 aliphatic rings. The first-order valence-electron chi connectivity index (χ1n) is 6.78. The third-order valence-electron chi connectivity index (χ3n) is 2.84. The summed E-state index contributed by atoms with van der Waals surface area (Å²) in [5, 5.41) is 0. The Hall–Kier alpha value is -2.22. The van der Waals surface area contributed by atoms with E-state index in [4.69, 9.17) is 9.47 Å². The molecular weight excluding hydrogens is 248 g/mol. The van der Waals surface area contributed by atoms with E-state index in [2.05, 4.69) is 26.0 Å². The van der Waals surface area contributed by atoms with Crippen LogP contribution in [0.25, 0.3) is 0 Å². The van der Waals surface area contributed by atoms with Crippen LogP contribution in [0.4, 0.5) is 0 Å². The second kappa shape index (κ2) is 7.39. The molecule has 2 heteroatoms. The molecule has 2 nitrogen and oxygen atoms in total. The Kier molecular flexibility index (Phi) is 5.24. The molecule has 0 amide bonds. The first-order valence-corrected chi connectivity index (χ1v) is 6.78. The average molecular weight is 268 g/mol. The normalized spacial score (nSPS) is 10.7. The predicted molar refractivity (Wildman–Crippen MR) is 82.5 cm³/mol. The maximum Gasteiger partial charge on any atom is 0.120 e. The number of rotatable bonds is 6. The van der Waals surface area contributed by atoms with Crippen LogP contribution in [0.1, 0.15) is 11.1 Å². The van der Waals surface area contributed by atoms with Gasteiger partial charge in [-0.3, -0.25) is 0 Å². The van der Waals surface area contributed by atoms with Gasteiger partial charge in [0.15, 0.2) is 0 Å². The Morgan fingerprint density at radius 1 is 0.750 bits per heavy atom. The molecule has 0 atom stereocenters. The number of ether oxygens (including phenoxy) is 2. The molecule has 2 rings (SSSR count). The summed E-state index contributed by atoms with van der Waals surface area (Å²) < 4.78 is 11.2. The van der Waals surface area contributed by atoms with E-state index in [0.717, 1.165) is 11.5 Å². The van der Waals surface area contributed by atoms with Gasteiger partial charge in [-0.05, 0) is 61.4 Å². The van der Waals surface area contributed by atoms with Crippen molar-refractivity contribution in [3.05, 3.63) is 71.8 Å². The van der Waals surface area contributed by atoms with Gasteiger partial charge >= 0.3 is 0 Å². The Morgan fingerprint density at radius 3 is 1.60 bits per heavy atom. The number of hydrogen-bond acceptors (Lipinski definition) is 2. The highest BCUT2D eigenvalue weighted by Gasteiger charge is 1.92. The van der Waals surface area contributed by atoms with E-state index in [9.17, 15) is 0 Å². The minimum atomic E-state index is 0.556. The van der Waals surface area contributed by atoms with Crippen LogP contribution in [-0.2, 0) is 0 Å². The van der Waals surface area contributed by atoms with Crippen molar-refractivity contribution in [3.8, 4) is 11.5 Å². The van der Waals surface area contributed by atoms with Gasteiger partial charge in [-0.25, -0.2) is 0 Å². The van der Waals surface area contributed by atoms with Crippen LogP contribution in [0.5, 0.6) is 11.5 Å². The summed E-state index contributed by atoms with van der Waals surface area (Å²) in [6, 6.07) is 16.1. The monoisotopic (exact) mass is 268 g/mol. The molecule has 0 aromatic heterocycles. The number of benzene rings is 2. The van der Waals surface area contributed by atoms with E-state index >= 15 is 0 Å². The summed E-state index contributed by atoms with van der Waals surface area (Å²) in [5.41, 5.74) is 2.41. The first kappa shape index (κ1) is 14.2. The fraction of sp³-hybridized carbons (Fsp3) is 0.222. The standard InChI is InChI=1S/C18H20O2/c1-15-7-5-9-17(13-15)19-11-3-4-12-20-18-10-6-8-16(2)14-18/h3-10,13-14H,11-12H2,1-2H3/b4-3+. The highest BCUT2D eigenvalue weighted by atomic mass is 16.5. The highest BCUT2D eigenvalue weighted by molar-refractivity contribution is 5.28. The fourth-order valence-corrected chi connectivity index (χ4v) is 1.84. The molecule has 0 fully saturated rings. The van der Waals surface area contributed by atoms with E-state index in [1.165, 1.54) is 11.1 Å². The quantitative estimate of drug-likeness (QED) is 0.726. The summed E-state index contributed by atoms with van der Waals surface area (Å²) >= 11 is 0. The summed E-state index contributed by atoms with van der Waals surface area (Å²) in [4.78, 5) is 0. The van der Waals surface area contributed by atoms with Crippen molar-refractivity contribution in [2.24, 2.45) is 0 Å². The SMILES string of the molecule is Cc1cccc(OC/C=C/COc2cccc(C)c2)c1. The van der Waals surface area contributed by atoms with Crippen LogP contribution in [0.2, 0.25) is 0 Å². The zero-order chi connectivity index (χ0) is 14.2. The van der Waals surface area contributed by atoms with Crippen LogP contribution >= 0.6 is 0 Å². The topological polar surface area (TPSA) is 18.5 Å². The van der Waals surface area contributed by atoms with Gasteiger partial charge in [0.25, 0.3) is 0 Å². The highest BCUT2D eigenvalue weighted by Crippen LogP contribution is 2.13. The Labute approximate surface area is 120 Å². The molecule has 2 aromatic carbocycles. The smallest absolute Gasteiger partial charge is 0.120 e. The van der Waals surface area contributed by atoms with Gasteiger partial charge in [0.1, 0.15) is 24.7 Å². The fourth-order valence-electron chi connectivity index (χ4n) is 1.84. The lowest BCUT2D eigenvalue weighted by Crippen LogP contribution is -1.97. The van der Waals surface area contributed by atoms with Gasteiger partial charge in [0, 0.05) is 0 Å². The van der Waals surface area contributed by atoms with Gasteiger partial charge in [-0.2, -0.15) is 0 Å². The van der Waals surface area contributed by atoms with E-state index in [0.29, 0.717) is 13.2 Å². The van der Waals surface area contributed by atoms with Crippen LogP contribution in [0.15, 0.2) is 60.7 Å². The van der Waals surface area contributed by atoms with Crippen LogP contribution in [0.3, 0.4) is 0 Å². The van der Waals surface area contributed by atoms with Crippen molar-refractivity contribution in [1.82, 2.24) is 0 Å². The van der Waals surface area contributed by atoms with Gasteiger partial charge in [-0.15, -0.1) is 0 Å². The van der Waals surface area contributed by atoms with E-state index < -0.39 is 0 Å². The van der Waals surface area contributed by atoms with Crippen molar-refractivity contribution >= 4 is 0 Å². The minimum absolute atomic E-state index is 0.556. The Balaban J connectivity index is 1.69. The molecule has 0 spiro atoms. The third-order valence-corrected chi connectivity index (χ3v) is 2.84. The lowest BCUT2D eigenvalue weighted by molar-refractivity contribution is 0.350. The number of aryl methyl sites for hydroxylation is 2. The molecule has 104 valence electrons. The second-order valence-electron chi connectivity index (χ2n) is 4.73. The molecule has 0 heterocycles. The molecule has 0 radical (unpaired) electrons. The summed E-state index contributed by atoms with van der Waals surface area (Å²) in [5.74, 6) is 1.79. The van der Waals surface area contributed by atoms with E-state index in [1.54, 1.807) is 0 Å². The summed E-state index contributed by atoms with van der Waals surface area (Å²) in [6.45, 7) is 5.22. The van der Waals surface area contributed by atoms with Gasteiger partial charge in [0.05, 0.1) is 0 Å². The van der Waals surface area contributed by atoms with Crippen molar-refractivity contribution in [2.75, 3.05) is 13.2 Å². The predicted octanol–water partition coefficient (Wildman–Crippen LogP) is 4.32. The first-order chi connectivity index (χ1) is 9.74. The van der Waals surface area contributed by atoms with Crippen LogP contribution in [-0.4, -0.2) is 13.2 Å². The second-order valence-corrected chi connectivity index (χ2v) is 4.73. The Morgan fingerprint density at radius 2 is 1.20 bits per heavy atom. The zero-order valence-electron chi connectivity index (χ0n) is 12.0. The molecule has 0 saturated heterocycles. The summed E-state index contributed by atoms with van der Waals surface area (Å²) in [7, 11) is 0. The van der Waals surface area contributed by atoms with Gasteiger partial charge < -0.3 is 9.47 Å². The lowest BCUT2D eigenvalue weighted by Gasteiger charge is -2.05. The third kappa shape index (κ3) is 4.81. The van der Waals surface area contributed by atoms with Gasteiger partial charge in [-0.1, -0.05) is 24.3 Å². The minimum Gasteiger partial charge on any atom is -0.490 e. The van der Waals surface area contributed by atoms with Crippen molar-refractivity contribution in [1.29, 1.82) is 0 Å². The van der Waals surface area contributed by atoms with Crippen molar-refractivity contribution < 1.29 is 9.47 Å². The number of hydrogen-bond donors (Lipinski definition) is 0. The van der Waals surface area contributed by atoms with E-state index in [1.807, 2.05) is 48.6 Å². The molecule has 0 saturated carbocycles. The largest absolute Gasteiger partial charge is 0.490 e. The maximum atomic E-state index is 5.62. The molecular formula is C18H20O2. The Bertz CT molecular complexity index is 522. The molecule has 0 bridgehead atoms. The van der Waals surface area contributed by atoms with Crippen molar-refractivity contribution in [2.45, 2.75) is 13.8 Å². The molecule has 20 heavy (non-hydrogen) atoms. The maximum absolute atomic E-state index is 5.62. The molecule has 2 aromatic rings. The molecule has 0 aliphatic carbocycles. The van der Waals surface area contributed by atoms with E-state index in [-0.39, 0.29) is 0 Å². The molecule has 0 N–H and O–H groups in total. The summed E-state index contributed by atoms with van der Waals surface area (Å²) in [6.07, 6.45) is 3.94. The van der Waals surface area contributed by atoms with Crippen LogP contribution < -0.4 is 9.47 Å². The van der Waals surface area contributed by atoms with Crippen LogP contribution in [0, 0.1) is 13.8 Å². The average Bonchev–Trinajstić information content (AvgIpc) is 2.43. The molecule has 0 unspecified atom stereocenters.